The van der Waals surface area contributed by atoms with Crippen LogP contribution in [0.5, 0.6) is 0 Å². The Labute approximate surface area is 119 Å². The molecule has 2 atom stereocenters. The predicted molar refractivity (Wildman–Crippen MR) is 81.0 cm³/mol. The lowest BCUT2D eigenvalue weighted by Gasteiger charge is -2.32. The molecule has 5 nitrogen and oxygen atoms in total. The Balaban J connectivity index is 2.23. The highest BCUT2D eigenvalue weighted by Crippen LogP contribution is 2.31. The Morgan fingerprint density at radius 3 is 2.65 bits per heavy atom. The molecule has 0 spiro atoms. The van der Waals surface area contributed by atoms with Crippen molar-refractivity contribution in [3.63, 3.8) is 0 Å². The number of nitrogens with one attached hydrogen (secondary N) is 1. The zero-order chi connectivity index (χ0) is 14.7. The van der Waals surface area contributed by atoms with Crippen molar-refractivity contribution in [1.82, 2.24) is 0 Å². The number of nitrogens with zero attached hydrogens (tertiary/aromatic N) is 1. The van der Waals surface area contributed by atoms with Gasteiger partial charge >= 0.3 is 0 Å². The van der Waals surface area contributed by atoms with Crippen molar-refractivity contribution >= 4 is 11.4 Å². The van der Waals surface area contributed by atoms with Gasteiger partial charge in [-0.05, 0) is 50.8 Å². The number of aryl methyl sites for hydroxylation is 2. The molecule has 0 aliphatic heterocycles. The van der Waals surface area contributed by atoms with E-state index in [1.54, 1.807) is 13.0 Å². The lowest BCUT2D eigenvalue weighted by molar-refractivity contribution is -0.385. The first-order valence-electron chi connectivity index (χ1n) is 7.25. The zero-order valence-electron chi connectivity index (χ0n) is 12.2. The number of nitrogens with two attached hydrogens (primary N) is 1. The molecule has 0 bridgehead atoms. The third-order valence-electron chi connectivity index (χ3n) is 4.29. The van der Waals surface area contributed by atoms with Gasteiger partial charge in [0, 0.05) is 23.4 Å². The zero-order valence-corrected chi connectivity index (χ0v) is 12.2. The van der Waals surface area contributed by atoms with Gasteiger partial charge in [-0.25, -0.2) is 0 Å². The molecule has 1 fully saturated rings. The second kappa shape index (κ2) is 6.22. The number of nitro groups is 1. The molecule has 0 radical (unpaired) electrons. The van der Waals surface area contributed by atoms with Gasteiger partial charge in [0.05, 0.1) is 4.92 Å². The molecule has 1 saturated carbocycles. The van der Waals surface area contributed by atoms with Crippen molar-refractivity contribution in [2.24, 2.45) is 11.7 Å². The maximum atomic E-state index is 11.1. The molecular formula is C15H23N3O2. The average molecular weight is 277 g/mol. The molecule has 1 aliphatic carbocycles. The van der Waals surface area contributed by atoms with Gasteiger partial charge in [-0.2, -0.15) is 0 Å². The number of nitro benzene ring substituents is 1. The summed E-state index contributed by atoms with van der Waals surface area (Å²) in [5, 5.41) is 14.5. The Kier molecular flexibility index (Phi) is 4.60. The maximum Gasteiger partial charge on any atom is 0.274 e. The van der Waals surface area contributed by atoms with E-state index in [1.807, 2.05) is 13.0 Å². The van der Waals surface area contributed by atoms with E-state index in [2.05, 4.69) is 5.32 Å². The molecule has 2 unspecified atom stereocenters. The maximum absolute atomic E-state index is 11.1. The van der Waals surface area contributed by atoms with Crippen molar-refractivity contribution in [1.29, 1.82) is 0 Å². The molecule has 1 aliphatic rings. The standard InChI is InChI=1S/C15H23N3O2/c1-10-7-11(2)15(18(19)20)8-14(10)17-13-6-4-3-5-12(13)9-16/h7-8,12-13,17H,3-6,9,16H2,1-2H3. The molecule has 3 N–H and O–H groups in total. The van der Waals surface area contributed by atoms with Crippen molar-refractivity contribution in [2.75, 3.05) is 11.9 Å². The Bertz CT molecular complexity index is 502. The van der Waals surface area contributed by atoms with E-state index in [1.165, 1.54) is 12.8 Å². The summed E-state index contributed by atoms with van der Waals surface area (Å²) in [5.41, 5.74) is 8.64. The smallest absolute Gasteiger partial charge is 0.274 e. The highest BCUT2D eigenvalue weighted by atomic mass is 16.6. The largest absolute Gasteiger partial charge is 0.382 e. The topological polar surface area (TPSA) is 81.2 Å². The fourth-order valence-corrected chi connectivity index (χ4v) is 3.07. The van der Waals surface area contributed by atoms with Crippen LogP contribution in [0.4, 0.5) is 11.4 Å². The highest BCUT2D eigenvalue weighted by molar-refractivity contribution is 5.60. The van der Waals surface area contributed by atoms with Gasteiger partial charge in [0.25, 0.3) is 5.69 Å². The summed E-state index contributed by atoms with van der Waals surface area (Å²) in [6.07, 6.45) is 4.65. The van der Waals surface area contributed by atoms with Crippen LogP contribution in [0, 0.1) is 29.9 Å². The van der Waals surface area contributed by atoms with Gasteiger partial charge in [-0.3, -0.25) is 10.1 Å². The van der Waals surface area contributed by atoms with Gasteiger partial charge in [0.15, 0.2) is 0 Å². The lowest BCUT2D eigenvalue weighted by Crippen LogP contribution is -2.36. The van der Waals surface area contributed by atoms with Gasteiger partial charge in [0.1, 0.15) is 0 Å². The third kappa shape index (κ3) is 3.10. The Morgan fingerprint density at radius 2 is 2.00 bits per heavy atom. The first-order valence-corrected chi connectivity index (χ1v) is 7.25. The van der Waals surface area contributed by atoms with Gasteiger partial charge in [0.2, 0.25) is 0 Å². The van der Waals surface area contributed by atoms with Crippen molar-refractivity contribution < 1.29 is 4.92 Å². The van der Waals surface area contributed by atoms with E-state index in [0.29, 0.717) is 24.1 Å². The van der Waals surface area contributed by atoms with E-state index in [9.17, 15) is 10.1 Å². The second-order valence-electron chi connectivity index (χ2n) is 5.74. The quantitative estimate of drug-likeness (QED) is 0.654. The summed E-state index contributed by atoms with van der Waals surface area (Å²) >= 11 is 0. The summed E-state index contributed by atoms with van der Waals surface area (Å²) < 4.78 is 0. The average Bonchev–Trinajstić information content (AvgIpc) is 2.42. The molecule has 0 heterocycles. The number of hydrogen-bond acceptors (Lipinski definition) is 4. The monoisotopic (exact) mass is 277 g/mol. The first kappa shape index (κ1) is 14.8. The van der Waals surface area contributed by atoms with Crippen LogP contribution in [0.3, 0.4) is 0 Å². The van der Waals surface area contributed by atoms with Crippen LogP contribution >= 0.6 is 0 Å². The van der Waals surface area contributed by atoms with Crippen molar-refractivity contribution in [3.8, 4) is 0 Å². The van der Waals surface area contributed by atoms with Crippen LogP contribution in [0.15, 0.2) is 12.1 Å². The lowest BCUT2D eigenvalue weighted by atomic mass is 9.84. The third-order valence-corrected chi connectivity index (χ3v) is 4.29. The molecule has 1 aromatic carbocycles. The summed E-state index contributed by atoms with van der Waals surface area (Å²) in [5.74, 6) is 0.462. The molecule has 20 heavy (non-hydrogen) atoms. The van der Waals surface area contributed by atoms with E-state index < -0.39 is 0 Å². The van der Waals surface area contributed by atoms with E-state index in [0.717, 1.165) is 24.1 Å². The summed E-state index contributed by atoms with van der Waals surface area (Å²) in [6.45, 7) is 4.43. The molecule has 5 heteroatoms. The fraction of sp³-hybridized carbons (Fsp3) is 0.600. The first-order chi connectivity index (χ1) is 9.52. The molecule has 1 aromatic rings. The summed E-state index contributed by atoms with van der Waals surface area (Å²) in [4.78, 5) is 10.7. The van der Waals surface area contributed by atoms with Crippen molar-refractivity contribution in [2.45, 2.75) is 45.6 Å². The SMILES string of the molecule is Cc1cc(C)c([N+](=O)[O-])cc1NC1CCCCC1CN. The molecule has 0 amide bonds. The number of rotatable bonds is 4. The highest BCUT2D eigenvalue weighted by Gasteiger charge is 2.25. The molecular weight excluding hydrogens is 254 g/mol. The molecule has 110 valence electrons. The van der Waals surface area contributed by atoms with Crippen LogP contribution in [0.2, 0.25) is 0 Å². The van der Waals surface area contributed by atoms with Crippen LogP contribution in [0.1, 0.15) is 36.8 Å². The van der Waals surface area contributed by atoms with Gasteiger partial charge in [-0.1, -0.05) is 12.8 Å². The van der Waals surface area contributed by atoms with Crippen LogP contribution in [-0.2, 0) is 0 Å². The minimum Gasteiger partial charge on any atom is -0.382 e. The Morgan fingerprint density at radius 1 is 1.30 bits per heavy atom. The minimum absolute atomic E-state index is 0.179. The van der Waals surface area contributed by atoms with Gasteiger partial charge in [-0.15, -0.1) is 0 Å². The normalized spacial score (nSPS) is 22.6. The van der Waals surface area contributed by atoms with Crippen LogP contribution < -0.4 is 11.1 Å². The van der Waals surface area contributed by atoms with E-state index in [-0.39, 0.29) is 10.6 Å². The fourth-order valence-electron chi connectivity index (χ4n) is 3.07. The summed E-state index contributed by atoms with van der Waals surface area (Å²) in [6, 6.07) is 3.86. The minimum atomic E-state index is -0.318. The number of hydrogen-bond donors (Lipinski definition) is 2. The molecule has 0 saturated heterocycles. The number of benzene rings is 1. The van der Waals surface area contributed by atoms with Crippen molar-refractivity contribution in [3.05, 3.63) is 33.4 Å². The van der Waals surface area contributed by atoms with Gasteiger partial charge < -0.3 is 11.1 Å². The molecule has 2 rings (SSSR count). The van der Waals surface area contributed by atoms with E-state index >= 15 is 0 Å². The molecule has 0 aromatic heterocycles. The second-order valence-corrected chi connectivity index (χ2v) is 5.74. The van der Waals surface area contributed by atoms with Crippen LogP contribution in [0.25, 0.3) is 0 Å². The van der Waals surface area contributed by atoms with E-state index in [4.69, 9.17) is 5.73 Å². The summed E-state index contributed by atoms with van der Waals surface area (Å²) in [7, 11) is 0. The Hall–Kier alpha value is -1.62. The number of anilines is 1. The predicted octanol–water partition coefficient (Wildman–Crippen LogP) is 3.14. The van der Waals surface area contributed by atoms with Crippen LogP contribution in [-0.4, -0.2) is 17.5 Å².